The maximum Gasteiger partial charge on any atom is 0.241 e. The van der Waals surface area contributed by atoms with Gasteiger partial charge >= 0.3 is 0 Å². The van der Waals surface area contributed by atoms with Crippen molar-refractivity contribution in [3.05, 3.63) is 25.0 Å². The third-order valence-electron chi connectivity index (χ3n) is 1.02. The van der Waals surface area contributed by atoms with Gasteiger partial charge in [-0.3, -0.25) is 4.57 Å². The second kappa shape index (κ2) is 3.49. The lowest BCUT2D eigenvalue weighted by Gasteiger charge is -2.12. The molecule has 0 aliphatic rings. The fraction of sp³-hybridized carbons (Fsp3) is 0.333. The summed E-state index contributed by atoms with van der Waals surface area (Å²) in [6.45, 7) is 6.29. The Morgan fingerprint density at radius 2 is 2.30 bits per heavy atom. The molecule has 0 heterocycles. The molecule has 1 radical (unpaired) electrons. The van der Waals surface area contributed by atoms with Crippen molar-refractivity contribution in [1.29, 1.82) is 0 Å². The van der Waals surface area contributed by atoms with Crippen molar-refractivity contribution in [3.63, 3.8) is 0 Å². The molecule has 55 valence electrons. The van der Waals surface area contributed by atoms with Crippen LogP contribution in [0.25, 0.3) is 0 Å². The van der Waals surface area contributed by atoms with E-state index in [2.05, 4.69) is 13.2 Å². The predicted molar refractivity (Wildman–Crippen MR) is 37.6 cm³/mol. The van der Waals surface area contributed by atoms with Gasteiger partial charge in [0.25, 0.3) is 0 Å². The van der Waals surface area contributed by atoms with Crippen LogP contribution in [0.5, 0.6) is 0 Å². The zero-order valence-electron chi connectivity index (χ0n) is 5.41. The average molecular weight is 159 g/mol. The molecule has 1 N–H and O–H groups in total. The van der Waals surface area contributed by atoms with Crippen molar-refractivity contribution in [3.8, 4) is 0 Å². The first kappa shape index (κ1) is 9.34. The van der Waals surface area contributed by atoms with Crippen molar-refractivity contribution in [2.45, 2.75) is 11.8 Å². The highest BCUT2D eigenvalue weighted by molar-refractivity contribution is 7.26. The molecule has 1 atom stereocenters. The second-order valence-corrected chi connectivity index (χ2v) is 2.72. The summed E-state index contributed by atoms with van der Waals surface area (Å²) in [5.74, 6) is -0.621. The van der Waals surface area contributed by atoms with E-state index in [4.69, 9.17) is 5.11 Å². The van der Waals surface area contributed by atoms with Gasteiger partial charge in [-0.2, -0.15) is 0 Å². The lowest BCUT2D eigenvalue weighted by atomic mass is 10.2. The molecule has 0 bridgehead atoms. The lowest BCUT2D eigenvalue weighted by molar-refractivity contribution is 0.0476. The van der Waals surface area contributed by atoms with E-state index in [9.17, 15) is 9.67 Å². The first-order valence-corrected chi connectivity index (χ1v) is 3.42. The Morgan fingerprint density at radius 1 is 1.80 bits per heavy atom. The zero-order valence-corrected chi connectivity index (χ0v) is 6.30. The number of hydrogen-bond donors (Lipinski definition) is 1. The summed E-state index contributed by atoms with van der Waals surface area (Å²) < 4.78 is 10.2. The smallest absolute Gasteiger partial charge is 0.241 e. The van der Waals surface area contributed by atoms with Crippen LogP contribution >= 0.6 is 8.46 Å². The molecule has 4 heteroatoms. The first-order valence-electron chi connectivity index (χ1n) is 2.61. The molecular formula is C6H8O3P. The minimum Gasteiger partial charge on any atom is -0.509 e. The molecular weight excluding hydrogens is 151 g/mol. The third-order valence-corrected chi connectivity index (χ3v) is 1.76. The van der Waals surface area contributed by atoms with Gasteiger partial charge in [-0.1, -0.05) is 12.7 Å². The van der Waals surface area contributed by atoms with Crippen LogP contribution < -0.4 is 0 Å². The van der Waals surface area contributed by atoms with E-state index in [0.717, 1.165) is 0 Å². The van der Waals surface area contributed by atoms with E-state index in [1.54, 1.807) is 0 Å². The molecule has 0 amide bonds. The largest absolute Gasteiger partial charge is 0.509 e. The van der Waals surface area contributed by atoms with Crippen molar-refractivity contribution >= 4 is 8.46 Å². The summed E-state index contributed by atoms with van der Waals surface area (Å²) in [7, 11) is -0.679. The van der Waals surface area contributed by atoms with Gasteiger partial charge < -0.3 is 5.11 Å². The monoisotopic (exact) mass is 159 g/mol. The van der Waals surface area contributed by atoms with Gasteiger partial charge in [0.1, 0.15) is 5.76 Å². The molecule has 0 saturated carbocycles. The van der Waals surface area contributed by atoms with E-state index in [-0.39, 0.29) is 6.42 Å². The molecule has 1 unspecified atom stereocenters. The molecule has 0 rings (SSSR count). The summed E-state index contributed by atoms with van der Waals surface area (Å²) in [4.78, 5) is 0. The van der Waals surface area contributed by atoms with Gasteiger partial charge in [0.05, 0.1) is 0 Å². The van der Waals surface area contributed by atoms with Gasteiger partial charge in [0, 0.05) is 6.42 Å². The van der Waals surface area contributed by atoms with Crippen LogP contribution in [-0.4, -0.2) is 10.4 Å². The van der Waals surface area contributed by atoms with Crippen LogP contribution in [0.4, 0.5) is 0 Å². The Balaban J connectivity index is 4.36. The summed E-state index contributed by atoms with van der Waals surface area (Å²) in [6, 6.07) is 0. The molecule has 0 aromatic heterocycles. The van der Waals surface area contributed by atoms with Crippen molar-refractivity contribution in [1.82, 2.24) is 0 Å². The fourth-order valence-electron chi connectivity index (χ4n) is 0.403. The van der Waals surface area contributed by atoms with Gasteiger partial charge in [-0.05, 0) is 0 Å². The summed E-state index contributed by atoms with van der Waals surface area (Å²) in [5.41, 5.74) is 0. The summed E-state index contributed by atoms with van der Waals surface area (Å²) in [5, 5.41) is 17.7. The quantitative estimate of drug-likeness (QED) is 0.387. The van der Waals surface area contributed by atoms with Crippen LogP contribution in [0.2, 0.25) is 0 Å². The van der Waals surface area contributed by atoms with E-state index in [1.165, 1.54) is 6.08 Å². The van der Waals surface area contributed by atoms with Crippen LogP contribution in [-0.2, 0) is 9.67 Å². The standard InChI is InChI=1S/C6H8O3P/c1-3-4-6(8,10-9)5(2)7/h3,7H,1-2,4H2. The van der Waals surface area contributed by atoms with Gasteiger partial charge in [0.2, 0.25) is 13.8 Å². The highest BCUT2D eigenvalue weighted by atomic mass is 31.1. The van der Waals surface area contributed by atoms with Gasteiger partial charge in [0.15, 0.2) is 0 Å². The second-order valence-electron chi connectivity index (χ2n) is 1.82. The Labute approximate surface area is 60.9 Å². The Hall–Kier alpha value is -0.660. The molecule has 0 aromatic rings. The fourth-order valence-corrected chi connectivity index (χ4v) is 0.712. The predicted octanol–water partition coefficient (Wildman–Crippen LogP) is 2.05. The van der Waals surface area contributed by atoms with Crippen molar-refractivity contribution in [2.75, 3.05) is 0 Å². The molecule has 3 nitrogen and oxygen atoms in total. The van der Waals surface area contributed by atoms with Crippen LogP contribution in [0, 0.1) is 0 Å². The van der Waals surface area contributed by atoms with Crippen molar-refractivity contribution in [2.24, 2.45) is 0 Å². The highest BCUT2D eigenvalue weighted by Crippen LogP contribution is 2.30. The SMILES string of the molecule is C=CCC([O])(P=O)C(=C)O. The van der Waals surface area contributed by atoms with Crippen LogP contribution in [0.1, 0.15) is 6.42 Å². The molecule has 0 saturated heterocycles. The topological polar surface area (TPSA) is 57.2 Å². The minimum atomic E-state index is -2.00. The maximum absolute atomic E-state index is 11.0. The molecule has 0 spiro atoms. The van der Waals surface area contributed by atoms with E-state index >= 15 is 0 Å². The highest BCUT2D eigenvalue weighted by Gasteiger charge is 2.32. The number of aliphatic hydroxyl groups excluding tert-OH is 1. The van der Waals surface area contributed by atoms with Crippen LogP contribution in [0.3, 0.4) is 0 Å². The summed E-state index contributed by atoms with van der Waals surface area (Å²) in [6.07, 6.45) is 1.20. The Bertz CT molecular complexity index is 166. The first-order chi connectivity index (χ1) is 4.56. The number of aliphatic hydroxyl groups is 1. The lowest BCUT2D eigenvalue weighted by Crippen LogP contribution is -2.19. The Morgan fingerprint density at radius 3 is 2.40 bits per heavy atom. The number of hydrogen-bond acceptors (Lipinski definition) is 2. The van der Waals surface area contributed by atoms with Gasteiger partial charge in [-0.15, -0.1) is 6.58 Å². The molecule has 0 aliphatic heterocycles. The average Bonchev–Trinajstić information content (AvgIpc) is 1.88. The maximum atomic E-state index is 11.0. The number of rotatable bonds is 4. The Kier molecular flexibility index (Phi) is 3.26. The van der Waals surface area contributed by atoms with Crippen LogP contribution in [0.15, 0.2) is 25.0 Å². The van der Waals surface area contributed by atoms with Crippen molar-refractivity contribution < 1.29 is 14.8 Å². The van der Waals surface area contributed by atoms with E-state index < -0.39 is 19.6 Å². The molecule has 0 fully saturated rings. The normalized spacial score (nSPS) is 16.1. The van der Waals surface area contributed by atoms with E-state index in [1.807, 2.05) is 0 Å². The zero-order chi connectivity index (χ0) is 8.20. The molecule has 10 heavy (non-hydrogen) atoms. The molecule has 0 aromatic carbocycles. The summed E-state index contributed by atoms with van der Waals surface area (Å²) >= 11 is 0. The van der Waals surface area contributed by atoms with Gasteiger partial charge in [-0.25, -0.2) is 5.11 Å². The minimum absolute atomic E-state index is 0.0899. The molecule has 0 aliphatic carbocycles. The third kappa shape index (κ3) is 1.94. The van der Waals surface area contributed by atoms with E-state index in [0.29, 0.717) is 0 Å².